The zero-order valence-corrected chi connectivity index (χ0v) is 16.6. The van der Waals surface area contributed by atoms with Crippen LogP contribution in [-0.4, -0.2) is 38.7 Å². The van der Waals surface area contributed by atoms with Crippen LogP contribution in [0.3, 0.4) is 0 Å². The van der Waals surface area contributed by atoms with Crippen molar-refractivity contribution >= 4 is 21.6 Å². The molecule has 0 aromatic heterocycles. The summed E-state index contributed by atoms with van der Waals surface area (Å²) < 4.78 is 23.6. The van der Waals surface area contributed by atoms with Crippen LogP contribution >= 0.6 is 0 Å². The van der Waals surface area contributed by atoms with Gasteiger partial charge in [0, 0.05) is 25.0 Å². The highest BCUT2D eigenvalue weighted by atomic mass is 32.2. The highest BCUT2D eigenvalue weighted by Crippen LogP contribution is 2.28. The number of nitrogens with zero attached hydrogens (tertiary/aromatic N) is 1. The fourth-order valence-electron chi connectivity index (χ4n) is 3.52. The molecule has 1 aliphatic rings. The number of likely N-dealkylation sites (tertiary alicyclic amines) is 1. The minimum atomic E-state index is -3.31. The van der Waals surface area contributed by atoms with Crippen LogP contribution < -0.4 is 5.32 Å². The van der Waals surface area contributed by atoms with E-state index >= 15 is 0 Å². The van der Waals surface area contributed by atoms with Crippen LogP contribution in [0.1, 0.15) is 36.3 Å². The number of carbonyl (C=O) groups excluding carboxylic acids is 1. The van der Waals surface area contributed by atoms with E-state index in [1.165, 1.54) is 17.9 Å². The zero-order valence-electron chi connectivity index (χ0n) is 15.8. The lowest BCUT2D eigenvalue weighted by atomic mass is 9.92. The van der Waals surface area contributed by atoms with Crippen molar-refractivity contribution in [1.82, 2.24) is 4.90 Å². The predicted octanol–water partition coefficient (Wildman–Crippen LogP) is 4.20. The molecule has 27 heavy (non-hydrogen) atoms. The molecule has 5 nitrogen and oxygen atoms in total. The van der Waals surface area contributed by atoms with Gasteiger partial charge in [0.15, 0.2) is 9.84 Å². The first-order valence-electron chi connectivity index (χ1n) is 9.26. The Balaban J connectivity index is 1.68. The third kappa shape index (κ3) is 4.89. The van der Waals surface area contributed by atoms with E-state index in [1.54, 1.807) is 12.1 Å². The smallest absolute Gasteiger partial charge is 0.321 e. The highest BCUT2D eigenvalue weighted by Gasteiger charge is 2.22. The second-order valence-electron chi connectivity index (χ2n) is 7.20. The van der Waals surface area contributed by atoms with Crippen LogP contribution in [-0.2, 0) is 9.84 Å². The van der Waals surface area contributed by atoms with Crippen LogP contribution in [0.4, 0.5) is 10.5 Å². The summed E-state index contributed by atoms with van der Waals surface area (Å²) in [6, 6.07) is 15.1. The highest BCUT2D eigenvalue weighted by molar-refractivity contribution is 7.90. The van der Waals surface area contributed by atoms with E-state index in [0.29, 0.717) is 24.7 Å². The molecule has 1 atom stereocenters. The van der Waals surface area contributed by atoms with Crippen molar-refractivity contribution in [1.29, 1.82) is 0 Å². The van der Waals surface area contributed by atoms with Gasteiger partial charge in [-0.2, -0.15) is 0 Å². The van der Waals surface area contributed by atoms with Gasteiger partial charge in [0.2, 0.25) is 0 Å². The third-order valence-corrected chi connectivity index (χ3v) is 6.28. The van der Waals surface area contributed by atoms with E-state index in [1.807, 2.05) is 17.9 Å². The van der Waals surface area contributed by atoms with Crippen LogP contribution in [0.5, 0.6) is 0 Å². The van der Waals surface area contributed by atoms with Gasteiger partial charge in [-0.15, -0.1) is 0 Å². The third-order valence-electron chi connectivity index (χ3n) is 5.17. The second-order valence-corrected chi connectivity index (χ2v) is 9.22. The van der Waals surface area contributed by atoms with E-state index < -0.39 is 9.84 Å². The quantitative estimate of drug-likeness (QED) is 0.860. The van der Waals surface area contributed by atoms with Crippen molar-refractivity contribution in [2.45, 2.75) is 37.0 Å². The molecule has 1 saturated heterocycles. The Morgan fingerprint density at radius 2 is 1.81 bits per heavy atom. The average molecular weight is 387 g/mol. The Labute approximate surface area is 161 Å². The van der Waals surface area contributed by atoms with Crippen molar-refractivity contribution in [2.24, 2.45) is 0 Å². The van der Waals surface area contributed by atoms with E-state index in [2.05, 4.69) is 29.6 Å². The molecule has 0 spiro atoms. The number of rotatable bonds is 3. The first-order valence-corrected chi connectivity index (χ1v) is 11.2. The number of anilines is 1. The van der Waals surface area contributed by atoms with E-state index in [4.69, 9.17) is 0 Å². The molecule has 1 heterocycles. The zero-order chi connectivity index (χ0) is 19.4. The van der Waals surface area contributed by atoms with E-state index in [9.17, 15) is 13.2 Å². The van der Waals surface area contributed by atoms with Gasteiger partial charge >= 0.3 is 6.03 Å². The first kappa shape index (κ1) is 19.4. The molecule has 6 heteroatoms. The number of benzene rings is 2. The van der Waals surface area contributed by atoms with Gasteiger partial charge in [0.1, 0.15) is 0 Å². The Kier molecular flexibility index (Phi) is 5.85. The number of carbonyl (C=O) groups is 1. The van der Waals surface area contributed by atoms with Crippen molar-refractivity contribution < 1.29 is 13.2 Å². The van der Waals surface area contributed by atoms with Crippen molar-refractivity contribution in [3.63, 3.8) is 0 Å². The molecule has 0 saturated carbocycles. The largest absolute Gasteiger partial charge is 0.325 e. The predicted molar refractivity (Wildman–Crippen MR) is 108 cm³/mol. The van der Waals surface area contributed by atoms with Crippen molar-refractivity contribution in [2.75, 3.05) is 24.7 Å². The minimum absolute atomic E-state index is 0.169. The standard InChI is InChI=1S/C21H26N2O3S/c1-16-10-11-19(27(2,25)26)15-20(16)22-21(24)23-13-6-9-18(12-14-23)17-7-4-3-5-8-17/h3-5,7-8,10-11,15,18H,6,9,12-14H2,1-2H3,(H,22,24)/t18-/m0/s1. The molecule has 0 radical (unpaired) electrons. The summed E-state index contributed by atoms with van der Waals surface area (Å²) in [6.45, 7) is 3.26. The topological polar surface area (TPSA) is 66.5 Å². The summed E-state index contributed by atoms with van der Waals surface area (Å²) in [5.41, 5.74) is 2.72. The maximum Gasteiger partial charge on any atom is 0.321 e. The van der Waals surface area contributed by atoms with Crippen LogP contribution in [0.15, 0.2) is 53.4 Å². The number of sulfone groups is 1. The number of nitrogens with one attached hydrogen (secondary N) is 1. The van der Waals surface area contributed by atoms with Gasteiger partial charge < -0.3 is 10.2 Å². The summed E-state index contributed by atoms with van der Waals surface area (Å²) >= 11 is 0. The molecular weight excluding hydrogens is 360 g/mol. The molecular formula is C21H26N2O3S. The lowest BCUT2D eigenvalue weighted by Gasteiger charge is -2.22. The molecule has 2 aromatic carbocycles. The van der Waals surface area contributed by atoms with Gasteiger partial charge in [-0.05, 0) is 55.4 Å². The molecule has 1 fully saturated rings. The second kappa shape index (κ2) is 8.13. The van der Waals surface area contributed by atoms with E-state index in [0.717, 1.165) is 24.8 Å². The van der Waals surface area contributed by atoms with Gasteiger partial charge in [0.25, 0.3) is 0 Å². The Bertz CT molecular complexity index is 910. The van der Waals surface area contributed by atoms with E-state index in [-0.39, 0.29) is 10.9 Å². The SMILES string of the molecule is Cc1ccc(S(C)(=O)=O)cc1NC(=O)N1CCC[C@H](c2ccccc2)CC1. The number of aryl methyl sites for hydroxylation is 1. The maximum absolute atomic E-state index is 12.7. The summed E-state index contributed by atoms with van der Waals surface area (Å²) in [5, 5.41) is 2.90. The molecule has 1 N–H and O–H groups in total. The van der Waals surface area contributed by atoms with Gasteiger partial charge in [-0.3, -0.25) is 0 Å². The number of urea groups is 1. The van der Waals surface area contributed by atoms with Crippen LogP contribution in [0, 0.1) is 6.92 Å². The molecule has 0 aliphatic carbocycles. The Morgan fingerprint density at radius 3 is 2.52 bits per heavy atom. The molecule has 144 valence electrons. The average Bonchev–Trinajstić information content (AvgIpc) is 2.89. The fraction of sp³-hybridized carbons (Fsp3) is 0.381. The Morgan fingerprint density at radius 1 is 1.07 bits per heavy atom. The molecule has 0 unspecified atom stereocenters. The molecule has 3 rings (SSSR count). The molecule has 2 aromatic rings. The number of hydrogen-bond donors (Lipinski definition) is 1. The summed E-state index contributed by atoms with van der Waals surface area (Å²) in [6.07, 6.45) is 4.12. The molecule has 2 amide bonds. The number of hydrogen-bond acceptors (Lipinski definition) is 3. The van der Waals surface area contributed by atoms with Crippen LogP contribution in [0.25, 0.3) is 0 Å². The normalized spacial score (nSPS) is 18.0. The first-order chi connectivity index (χ1) is 12.8. The van der Waals surface area contributed by atoms with Gasteiger partial charge in [-0.1, -0.05) is 36.4 Å². The van der Waals surface area contributed by atoms with Gasteiger partial charge in [0.05, 0.1) is 4.90 Å². The van der Waals surface area contributed by atoms with Crippen molar-refractivity contribution in [3.05, 3.63) is 59.7 Å². The van der Waals surface area contributed by atoms with Crippen molar-refractivity contribution in [3.8, 4) is 0 Å². The minimum Gasteiger partial charge on any atom is -0.325 e. The number of amides is 2. The summed E-state index contributed by atoms with van der Waals surface area (Å²) in [4.78, 5) is 14.8. The summed E-state index contributed by atoms with van der Waals surface area (Å²) in [7, 11) is -3.31. The van der Waals surface area contributed by atoms with Crippen LogP contribution in [0.2, 0.25) is 0 Å². The maximum atomic E-state index is 12.7. The Hall–Kier alpha value is -2.34. The van der Waals surface area contributed by atoms with Gasteiger partial charge in [-0.25, -0.2) is 13.2 Å². The molecule has 0 bridgehead atoms. The lowest BCUT2D eigenvalue weighted by Crippen LogP contribution is -2.35. The monoisotopic (exact) mass is 386 g/mol. The molecule has 1 aliphatic heterocycles. The summed E-state index contributed by atoms with van der Waals surface area (Å²) in [5.74, 6) is 0.472. The fourth-order valence-corrected chi connectivity index (χ4v) is 4.17. The lowest BCUT2D eigenvalue weighted by molar-refractivity contribution is 0.213.